The van der Waals surface area contributed by atoms with E-state index in [0.29, 0.717) is 11.5 Å². The monoisotopic (exact) mass is 155 g/mol. The molecule has 0 saturated carbocycles. The molecule has 0 heterocycles. The first-order valence-corrected chi connectivity index (χ1v) is 4.27. The van der Waals surface area contributed by atoms with Gasteiger partial charge in [-0.05, 0) is 32.4 Å². The van der Waals surface area contributed by atoms with Gasteiger partial charge in [-0.15, -0.1) is 0 Å². The summed E-state index contributed by atoms with van der Waals surface area (Å²) in [6.45, 7) is 13.1. The molecule has 0 aromatic carbocycles. The zero-order valence-corrected chi connectivity index (χ0v) is 8.65. The molecule has 0 aliphatic rings. The van der Waals surface area contributed by atoms with Crippen LogP contribution in [-0.2, 0) is 0 Å². The SMILES string of the molecule is C/C(=C\NC(C)C)C(C)(C)C. The van der Waals surface area contributed by atoms with Crippen molar-refractivity contribution >= 4 is 0 Å². The van der Waals surface area contributed by atoms with E-state index in [1.165, 1.54) is 5.57 Å². The fourth-order valence-electron chi connectivity index (χ4n) is 0.508. The van der Waals surface area contributed by atoms with Crippen LogP contribution in [-0.4, -0.2) is 6.04 Å². The average Bonchev–Trinajstić information content (AvgIpc) is 1.80. The molecule has 1 nitrogen and oxygen atoms in total. The zero-order valence-electron chi connectivity index (χ0n) is 8.65. The van der Waals surface area contributed by atoms with Gasteiger partial charge in [-0.25, -0.2) is 0 Å². The van der Waals surface area contributed by atoms with E-state index >= 15 is 0 Å². The van der Waals surface area contributed by atoms with Crippen molar-refractivity contribution in [2.24, 2.45) is 5.41 Å². The van der Waals surface area contributed by atoms with Crippen LogP contribution < -0.4 is 5.32 Å². The molecule has 0 bridgehead atoms. The Balaban J connectivity index is 4.02. The van der Waals surface area contributed by atoms with Crippen molar-refractivity contribution in [1.82, 2.24) is 5.32 Å². The van der Waals surface area contributed by atoms with E-state index in [2.05, 4.69) is 53.1 Å². The molecule has 11 heavy (non-hydrogen) atoms. The third-order valence-electron chi connectivity index (χ3n) is 1.82. The van der Waals surface area contributed by atoms with Gasteiger partial charge in [0.05, 0.1) is 0 Å². The molecule has 66 valence electrons. The number of hydrogen-bond donors (Lipinski definition) is 1. The molecule has 0 aromatic rings. The lowest BCUT2D eigenvalue weighted by Gasteiger charge is -2.20. The summed E-state index contributed by atoms with van der Waals surface area (Å²) < 4.78 is 0. The Kier molecular flexibility index (Phi) is 3.64. The Morgan fingerprint density at radius 2 is 1.73 bits per heavy atom. The quantitative estimate of drug-likeness (QED) is 0.646. The minimum Gasteiger partial charge on any atom is -0.389 e. The number of allylic oxidation sites excluding steroid dienone is 1. The van der Waals surface area contributed by atoms with Gasteiger partial charge in [0.2, 0.25) is 0 Å². The molecule has 0 aromatic heterocycles. The Bertz CT molecular complexity index is 137. The fourth-order valence-corrected chi connectivity index (χ4v) is 0.508. The molecule has 0 fully saturated rings. The van der Waals surface area contributed by atoms with Crippen LogP contribution in [0.5, 0.6) is 0 Å². The molecule has 1 heteroatoms. The molecule has 0 aliphatic heterocycles. The molecule has 0 rings (SSSR count). The summed E-state index contributed by atoms with van der Waals surface area (Å²) in [6.07, 6.45) is 2.12. The highest BCUT2D eigenvalue weighted by atomic mass is 14.9. The average molecular weight is 155 g/mol. The summed E-state index contributed by atoms with van der Waals surface area (Å²) in [5.74, 6) is 0. The minimum atomic E-state index is 0.294. The molecule has 0 saturated heterocycles. The van der Waals surface area contributed by atoms with E-state index < -0.39 is 0 Å². The maximum absolute atomic E-state index is 3.29. The second-order valence-electron chi connectivity index (χ2n) is 4.40. The number of hydrogen-bond acceptors (Lipinski definition) is 1. The van der Waals surface area contributed by atoms with Gasteiger partial charge < -0.3 is 5.32 Å². The lowest BCUT2D eigenvalue weighted by molar-refractivity contribution is 0.496. The van der Waals surface area contributed by atoms with Gasteiger partial charge in [0.25, 0.3) is 0 Å². The summed E-state index contributed by atoms with van der Waals surface area (Å²) in [6, 6.07) is 0.535. The highest BCUT2D eigenvalue weighted by Crippen LogP contribution is 2.23. The summed E-state index contributed by atoms with van der Waals surface area (Å²) in [7, 11) is 0. The Morgan fingerprint density at radius 1 is 1.27 bits per heavy atom. The molecule has 0 spiro atoms. The van der Waals surface area contributed by atoms with Gasteiger partial charge in [0, 0.05) is 6.04 Å². The molecule has 0 radical (unpaired) electrons. The number of nitrogens with one attached hydrogen (secondary N) is 1. The minimum absolute atomic E-state index is 0.294. The van der Waals surface area contributed by atoms with Crippen molar-refractivity contribution in [3.05, 3.63) is 11.8 Å². The molecular formula is C10H21N. The predicted octanol–water partition coefficient (Wildman–Crippen LogP) is 2.93. The first-order valence-electron chi connectivity index (χ1n) is 4.27. The largest absolute Gasteiger partial charge is 0.389 e. The second-order valence-corrected chi connectivity index (χ2v) is 4.40. The van der Waals surface area contributed by atoms with Crippen LogP contribution in [0.15, 0.2) is 11.8 Å². The highest BCUT2D eigenvalue weighted by Gasteiger charge is 2.11. The van der Waals surface area contributed by atoms with Gasteiger partial charge in [0.1, 0.15) is 0 Å². The first-order chi connectivity index (χ1) is 4.84. The summed E-state index contributed by atoms with van der Waals surface area (Å²) >= 11 is 0. The van der Waals surface area contributed by atoms with Crippen LogP contribution in [0.2, 0.25) is 0 Å². The van der Waals surface area contributed by atoms with E-state index in [1.807, 2.05) is 0 Å². The zero-order chi connectivity index (χ0) is 9.07. The molecule has 1 N–H and O–H groups in total. The smallest absolute Gasteiger partial charge is 0.0199 e. The molecule has 0 atom stereocenters. The lowest BCUT2D eigenvalue weighted by Crippen LogP contribution is -2.18. The Morgan fingerprint density at radius 3 is 2.00 bits per heavy atom. The van der Waals surface area contributed by atoms with Crippen molar-refractivity contribution in [1.29, 1.82) is 0 Å². The van der Waals surface area contributed by atoms with Crippen LogP contribution in [0.3, 0.4) is 0 Å². The van der Waals surface area contributed by atoms with Crippen molar-refractivity contribution in [3.8, 4) is 0 Å². The molecule has 0 amide bonds. The van der Waals surface area contributed by atoms with Crippen LogP contribution in [0.25, 0.3) is 0 Å². The summed E-state index contributed by atoms with van der Waals surface area (Å²) in [4.78, 5) is 0. The van der Waals surface area contributed by atoms with E-state index in [0.717, 1.165) is 0 Å². The number of rotatable bonds is 2. The molecular weight excluding hydrogens is 134 g/mol. The van der Waals surface area contributed by atoms with E-state index in [-0.39, 0.29) is 0 Å². The van der Waals surface area contributed by atoms with Crippen LogP contribution in [0.1, 0.15) is 41.5 Å². The maximum Gasteiger partial charge on any atom is 0.0199 e. The topological polar surface area (TPSA) is 12.0 Å². The fraction of sp³-hybridized carbons (Fsp3) is 0.800. The Hall–Kier alpha value is -0.460. The normalized spacial score (nSPS) is 13.9. The lowest BCUT2D eigenvalue weighted by atomic mass is 9.88. The summed E-state index contributed by atoms with van der Waals surface area (Å²) in [5, 5.41) is 3.29. The molecule has 0 aliphatic carbocycles. The standard InChI is InChI=1S/C10H21N/c1-8(2)11-7-9(3)10(4,5)6/h7-8,11H,1-6H3/b9-7+. The van der Waals surface area contributed by atoms with E-state index in [4.69, 9.17) is 0 Å². The van der Waals surface area contributed by atoms with Crippen LogP contribution >= 0.6 is 0 Å². The third-order valence-corrected chi connectivity index (χ3v) is 1.82. The van der Waals surface area contributed by atoms with Crippen molar-refractivity contribution in [2.45, 2.75) is 47.6 Å². The molecule has 0 unspecified atom stereocenters. The van der Waals surface area contributed by atoms with Crippen molar-refractivity contribution < 1.29 is 0 Å². The summed E-state index contributed by atoms with van der Waals surface area (Å²) in [5.41, 5.74) is 1.69. The van der Waals surface area contributed by atoms with Gasteiger partial charge in [0.15, 0.2) is 0 Å². The van der Waals surface area contributed by atoms with Gasteiger partial charge in [-0.1, -0.05) is 26.3 Å². The van der Waals surface area contributed by atoms with Crippen LogP contribution in [0, 0.1) is 5.41 Å². The van der Waals surface area contributed by atoms with Gasteiger partial charge in [-0.3, -0.25) is 0 Å². The third kappa shape index (κ3) is 4.88. The van der Waals surface area contributed by atoms with E-state index in [1.54, 1.807) is 0 Å². The van der Waals surface area contributed by atoms with Crippen molar-refractivity contribution in [2.75, 3.05) is 0 Å². The maximum atomic E-state index is 3.29. The van der Waals surface area contributed by atoms with Crippen molar-refractivity contribution in [3.63, 3.8) is 0 Å². The first kappa shape index (κ1) is 10.5. The predicted molar refractivity (Wildman–Crippen MR) is 51.5 cm³/mol. The van der Waals surface area contributed by atoms with Gasteiger partial charge >= 0.3 is 0 Å². The second kappa shape index (κ2) is 3.80. The highest BCUT2D eigenvalue weighted by molar-refractivity contribution is 5.06. The van der Waals surface area contributed by atoms with Gasteiger partial charge in [-0.2, -0.15) is 0 Å². The van der Waals surface area contributed by atoms with E-state index in [9.17, 15) is 0 Å². The van der Waals surface area contributed by atoms with Crippen LogP contribution in [0.4, 0.5) is 0 Å². The Labute approximate surface area is 70.9 Å².